The van der Waals surface area contributed by atoms with E-state index in [1.54, 1.807) is 42.5 Å². The number of halogens is 1. The third-order valence-corrected chi connectivity index (χ3v) is 6.79. The van der Waals surface area contributed by atoms with Crippen LogP contribution in [0.1, 0.15) is 29.0 Å². The number of aryl methyl sites for hydroxylation is 1. The first-order valence-corrected chi connectivity index (χ1v) is 12.2. The lowest BCUT2D eigenvalue weighted by atomic mass is 9.82. The van der Waals surface area contributed by atoms with Crippen LogP contribution in [0.15, 0.2) is 93.5 Å². The Hall–Kier alpha value is -4.80. The molecule has 1 atom stereocenters. The van der Waals surface area contributed by atoms with Crippen molar-refractivity contribution in [2.24, 2.45) is 5.73 Å². The fourth-order valence-corrected chi connectivity index (χ4v) is 4.93. The zero-order chi connectivity index (χ0) is 26.4. The van der Waals surface area contributed by atoms with Crippen LogP contribution in [0.5, 0.6) is 17.4 Å². The standard InChI is InChI=1S/C30H20ClN3O4/c1-16-6-11-23-17(14-16)15-22(29(34-23)36-19-9-7-18(31)8-10-19)25-21(12-13-32)28(33)38-27-20-4-2-3-5-24(20)37-30(35)26(25)27/h2-11,14-15,25H,12,33H2,1H3. The van der Waals surface area contributed by atoms with Crippen LogP contribution < -0.4 is 20.8 Å². The first-order chi connectivity index (χ1) is 18.4. The van der Waals surface area contributed by atoms with Gasteiger partial charge in [0.2, 0.25) is 5.88 Å². The predicted molar refractivity (Wildman–Crippen MR) is 144 cm³/mol. The summed E-state index contributed by atoms with van der Waals surface area (Å²) in [5.41, 5.74) is 9.15. The Balaban J connectivity index is 1.67. The number of fused-ring (bicyclic) bond motifs is 4. The van der Waals surface area contributed by atoms with Gasteiger partial charge in [0, 0.05) is 21.5 Å². The van der Waals surface area contributed by atoms with Gasteiger partial charge in [0.1, 0.15) is 11.3 Å². The fraction of sp³-hybridized carbons (Fsp3) is 0.100. The van der Waals surface area contributed by atoms with Crippen molar-refractivity contribution < 1.29 is 13.9 Å². The first-order valence-electron chi connectivity index (χ1n) is 11.9. The second kappa shape index (κ2) is 9.25. The number of nitriles is 1. The zero-order valence-corrected chi connectivity index (χ0v) is 21.0. The Bertz CT molecular complexity index is 1870. The number of hydrogen-bond donors (Lipinski definition) is 1. The van der Waals surface area contributed by atoms with Crippen LogP contribution in [0.4, 0.5) is 0 Å². The van der Waals surface area contributed by atoms with Crippen molar-refractivity contribution in [1.82, 2.24) is 4.98 Å². The molecule has 0 radical (unpaired) electrons. The van der Waals surface area contributed by atoms with Crippen LogP contribution in [0, 0.1) is 18.3 Å². The fourth-order valence-electron chi connectivity index (χ4n) is 4.80. The van der Waals surface area contributed by atoms with Crippen molar-refractivity contribution in [3.05, 3.63) is 116 Å². The molecule has 3 heterocycles. The van der Waals surface area contributed by atoms with Gasteiger partial charge in [-0.1, -0.05) is 35.4 Å². The lowest BCUT2D eigenvalue weighted by Gasteiger charge is -2.29. The van der Waals surface area contributed by atoms with Gasteiger partial charge >= 0.3 is 5.63 Å². The monoisotopic (exact) mass is 521 g/mol. The highest BCUT2D eigenvalue weighted by molar-refractivity contribution is 6.30. The van der Waals surface area contributed by atoms with Crippen molar-refractivity contribution >= 4 is 33.5 Å². The Labute approximate surface area is 222 Å². The maximum absolute atomic E-state index is 13.5. The number of rotatable bonds is 4. The number of aromatic nitrogens is 1. The van der Waals surface area contributed by atoms with Gasteiger partial charge in [0.15, 0.2) is 11.6 Å². The minimum absolute atomic E-state index is 0.0570. The van der Waals surface area contributed by atoms with E-state index in [1.165, 1.54) is 0 Å². The number of nitrogens with zero attached hydrogens (tertiary/aromatic N) is 2. The molecule has 38 heavy (non-hydrogen) atoms. The second-order valence-corrected chi connectivity index (χ2v) is 9.46. The lowest BCUT2D eigenvalue weighted by molar-refractivity contribution is 0.379. The summed E-state index contributed by atoms with van der Waals surface area (Å²) in [7, 11) is 0. The molecule has 3 aromatic carbocycles. The molecule has 0 saturated heterocycles. The summed E-state index contributed by atoms with van der Waals surface area (Å²) in [6.45, 7) is 1.99. The van der Waals surface area contributed by atoms with Gasteiger partial charge in [-0.25, -0.2) is 9.78 Å². The molecule has 0 aliphatic carbocycles. The molecule has 0 saturated carbocycles. The molecule has 0 bridgehead atoms. The lowest BCUT2D eigenvalue weighted by Crippen LogP contribution is -2.27. The summed E-state index contributed by atoms with van der Waals surface area (Å²) < 4.78 is 18.0. The van der Waals surface area contributed by atoms with E-state index < -0.39 is 11.5 Å². The van der Waals surface area contributed by atoms with Gasteiger partial charge in [0.25, 0.3) is 0 Å². The highest BCUT2D eigenvalue weighted by Gasteiger charge is 2.37. The topological polar surface area (TPSA) is 111 Å². The van der Waals surface area contributed by atoms with Gasteiger partial charge in [-0.05, 0) is 61.5 Å². The van der Waals surface area contributed by atoms with Gasteiger partial charge in [-0.2, -0.15) is 5.26 Å². The van der Waals surface area contributed by atoms with Crippen molar-refractivity contribution in [3.8, 4) is 23.4 Å². The van der Waals surface area contributed by atoms with Crippen molar-refractivity contribution in [2.75, 3.05) is 0 Å². The average molecular weight is 522 g/mol. The van der Waals surface area contributed by atoms with E-state index in [0.29, 0.717) is 44.1 Å². The Morgan fingerprint density at radius 2 is 1.89 bits per heavy atom. The van der Waals surface area contributed by atoms with Crippen LogP contribution in [-0.4, -0.2) is 4.98 Å². The molecule has 186 valence electrons. The molecule has 8 heteroatoms. The van der Waals surface area contributed by atoms with Crippen LogP contribution in [0.3, 0.4) is 0 Å². The second-order valence-electron chi connectivity index (χ2n) is 9.02. The molecule has 0 fully saturated rings. The number of pyridine rings is 1. The summed E-state index contributed by atoms with van der Waals surface area (Å²) in [5, 5.41) is 11.7. The van der Waals surface area contributed by atoms with Gasteiger partial charge in [0.05, 0.1) is 34.9 Å². The molecule has 6 rings (SSSR count). The predicted octanol–water partition coefficient (Wildman–Crippen LogP) is 6.70. The Morgan fingerprint density at radius 3 is 2.68 bits per heavy atom. The SMILES string of the molecule is Cc1ccc2nc(Oc3ccc(Cl)cc3)c(C3C(CC#N)=C(N)Oc4c3c(=O)oc3ccccc43)cc2c1. The molecule has 0 amide bonds. The maximum atomic E-state index is 13.5. The van der Waals surface area contributed by atoms with E-state index in [-0.39, 0.29) is 23.7 Å². The molecule has 5 aromatic rings. The highest BCUT2D eigenvalue weighted by Crippen LogP contribution is 2.47. The van der Waals surface area contributed by atoms with Crippen molar-refractivity contribution in [3.63, 3.8) is 0 Å². The number of allylic oxidation sites excluding steroid dienone is 1. The highest BCUT2D eigenvalue weighted by atomic mass is 35.5. The third-order valence-electron chi connectivity index (χ3n) is 6.54. The van der Waals surface area contributed by atoms with E-state index in [1.807, 2.05) is 37.3 Å². The van der Waals surface area contributed by atoms with Crippen molar-refractivity contribution in [1.29, 1.82) is 5.26 Å². The molecule has 2 aromatic heterocycles. The molecule has 1 aliphatic heterocycles. The van der Waals surface area contributed by atoms with Crippen LogP contribution in [-0.2, 0) is 0 Å². The maximum Gasteiger partial charge on any atom is 0.344 e. The zero-order valence-electron chi connectivity index (χ0n) is 20.2. The quantitative estimate of drug-likeness (QED) is 0.262. The third kappa shape index (κ3) is 4.01. The minimum atomic E-state index is -0.793. The summed E-state index contributed by atoms with van der Waals surface area (Å²) in [6, 6.07) is 23.9. The van der Waals surface area contributed by atoms with E-state index in [4.69, 9.17) is 36.2 Å². The Morgan fingerprint density at radius 1 is 1.11 bits per heavy atom. The number of hydrogen-bond acceptors (Lipinski definition) is 7. The van der Waals surface area contributed by atoms with Crippen LogP contribution >= 0.6 is 11.6 Å². The molecule has 1 aliphatic rings. The number of para-hydroxylation sites is 1. The average Bonchev–Trinajstić information content (AvgIpc) is 2.90. The first kappa shape index (κ1) is 23.6. The van der Waals surface area contributed by atoms with E-state index >= 15 is 0 Å². The molecule has 1 unspecified atom stereocenters. The Kier molecular flexibility index (Phi) is 5.74. The number of nitrogens with two attached hydrogens (primary N) is 1. The summed E-state index contributed by atoms with van der Waals surface area (Å²) in [4.78, 5) is 18.3. The number of ether oxygens (including phenoxy) is 2. The summed E-state index contributed by atoms with van der Waals surface area (Å²) in [6.07, 6.45) is -0.0750. The van der Waals surface area contributed by atoms with Gasteiger partial charge < -0.3 is 19.6 Å². The van der Waals surface area contributed by atoms with Crippen LogP contribution in [0.25, 0.3) is 21.9 Å². The summed E-state index contributed by atoms with van der Waals surface area (Å²) in [5.74, 6) is 0.326. The minimum Gasteiger partial charge on any atom is -0.440 e. The van der Waals surface area contributed by atoms with E-state index in [0.717, 1.165) is 10.9 Å². The van der Waals surface area contributed by atoms with Crippen molar-refractivity contribution in [2.45, 2.75) is 19.3 Å². The smallest absolute Gasteiger partial charge is 0.344 e. The molecule has 7 nitrogen and oxygen atoms in total. The molecular formula is C30H20ClN3O4. The largest absolute Gasteiger partial charge is 0.440 e. The molecule has 2 N–H and O–H groups in total. The van der Waals surface area contributed by atoms with Crippen LogP contribution in [0.2, 0.25) is 5.02 Å². The van der Waals surface area contributed by atoms with E-state index in [2.05, 4.69) is 6.07 Å². The van der Waals surface area contributed by atoms with Gasteiger partial charge in [-0.3, -0.25) is 0 Å². The van der Waals surface area contributed by atoms with E-state index in [9.17, 15) is 10.1 Å². The molecular weight excluding hydrogens is 502 g/mol. The summed E-state index contributed by atoms with van der Waals surface area (Å²) >= 11 is 6.07. The normalized spacial score (nSPS) is 14.7. The van der Waals surface area contributed by atoms with Gasteiger partial charge in [-0.15, -0.1) is 0 Å². The number of benzene rings is 3. The molecule has 0 spiro atoms.